The van der Waals surface area contributed by atoms with E-state index in [4.69, 9.17) is 11.6 Å². The molecule has 3 aromatic rings. The summed E-state index contributed by atoms with van der Waals surface area (Å²) in [5, 5.41) is 3.76. The number of carbonyl (C=O) groups is 2. The first-order valence-corrected chi connectivity index (χ1v) is 11.7. The van der Waals surface area contributed by atoms with Crippen LogP contribution in [0.1, 0.15) is 45.8 Å². The van der Waals surface area contributed by atoms with E-state index in [2.05, 4.69) is 20.3 Å². The molecule has 2 aromatic heterocycles. The van der Waals surface area contributed by atoms with Gasteiger partial charge in [-0.1, -0.05) is 17.7 Å². The van der Waals surface area contributed by atoms with Gasteiger partial charge in [0.25, 0.3) is 11.8 Å². The maximum absolute atomic E-state index is 13.3. The Hall–Kier alpha value is -3.78. The zero-order valence-electron chi connectivity index (χ0n) is 19.7. The molecule has 2 aliphatic heterocycles. The Kier molecular flexibility index (Phi) is 5.76. The van der Waals surface area contributed by atoms with Crippen molar-refractivity contribution >= 4 is 41.0 Å². The lowest BCUT2D eigenvalue weighted by Gasteiger charge is -2.40. The maximum atomic E-state index is 13.3. The Morgan fingerprint density at radius 3 is 2.77 bits per heavy atom. The number of aromatic nitrogens is 2. The molecule has 0 spiro atoms. The highest BCUT2D eigenvalue weighted by molar-refractivity contribution is 6.33. The molecule has 1 fully saturated rings. The number of benzene rings is 1. The Balaban J connectivity index is 1.31. The summed E-state index contributed by atoms with van der Waals surface area (Å²) in [5.74, 6) is -0.244. The van der Waals surface area contributed by atoms with E-state index in [-0.39, 0.29) is 23.6 Å². The molecule has 0 radical (unpaired) electrons. The third kappa shape index (κ3) is 4.04. The lowest BCUT2D eigenvalue weighted by atomic mass is 9.92. The molecule has 35 heavy (non-hydrogen) atoms. The van der Waals surface area contributed by atoms with Gasteiger partial charge in [-0.3, -0.25) is 24.5 Å². The van der Waals surface area contributed by atoms with Gasteiger partial charge >= 0.3 is 0 Å². The fourth-order valence-electron chi connectivity index (χ4n) is 4.71. The van der Waals surface area contributed by atoms with Crippen LogP contribution in [0.2, 0.25) is 5.02 Å². The van der Waals surface area contributed by atoms with E-state index in [0.717, 1.165) is 16.8 Å². The molecule has 1 aromatic carbocycles. The Morgan fingerprint density at radius 1 is 1.23 bits per heavy atom. The number of hydrogen-bond donors (Lipinski definition) is 1. The molecule has 1 saturated heterocycles. The van der Waals surface area contributed by atoms with E-state index in [1.165, 1.54) is 0 Å². The molecule has 178 valence electrons. The van der Waals surface area contributed by atoms with Crippen LogP contribution < -0.4 is 10.2 Å². The number of halogens is 1. The SMILES string of the molecule is CN=Cc1ccc2c(c1)C(C)(C)N(c1cncc(NC3CN(C(=O)c4ncccc4Cl)C3)c1)C2=O. The number of rotatable bonds is 5. The fourth-order valence-corrected chi connectivity index (χ4v) is 4.91. The van der Waals surface area contributed by atoms with Crippen LogP contribution in [0.5, 0.6) is 0 Å². The number of aliphatic imine (C=N–C) groups is 1. The second kappa shape index (κ2) is 8.78. The quantitative estimate of drug-likeness (QED) is 0.548. The lowest BCUT2D eigenvalue weighted by Crippen LogP contribution is -2.57. The van der Waals surface area contributed by atoms with Crippen LogP contribution in [0.15, 0.2) is 60.0 Å². The van der Waals surface area contributed by atoms with E-state index in [1.807, 2.05) is 38.1 Å². The van der Waals surface area contributed by atoms with Gasteiger partial charge < -0.3 is 10.2 Å². The Morgan fingerprint density at radius 2 is 2.03 bits per heavy atom. The van der Waals surface area contributed by atoms with Gasteiger partial charge in [0.15, 0.2) is 0 Å². The van der Waals surface area contributed by atoms with Gasteiger partial charge in [-0.25, -0.2) is 4.98 Å². The predicted molar refractivity (Wildman–Crippen MR) is 137 cm³/mol. The Labute approximate surface area is 208 Å². The minimum atomic E-state index is -0.550. The summed E-state index contributed by atoms with van der Waals surface area (Å²) >= 11 is 6.11. The van der Waals surface area contributed by atoms with E-state index in [9.17, 15) is 9.59 Å². The largest absolute Gasteiger partial charge is 0.377 e. The van der Waals surface area contributed by atoms with Crippen LogP contribution >= 0.6 is 11.6 Å². The molecule has 2 amide bonds. The summed E-state index contributed by atoms with van der Waals surface area (Å²) in [7, 11) is 1.73. The van der Waals surface area contributed by atoms with Crippen LogP contribution in [0.3, 0.4) is 0 Å². The number of nitrogens with one attached hydrogen (secondary N) is 1. The van der Waals surface area contributed by atoms with Crippen molar-refractivity contribution in [3.8, 4) is 0 Å². The first-order valence-electron chi connectivity index (χ1n) is 11.3. The van der Waals surface area contributed by atoms with Crippen LogP contribution in [-0.4, -0.2) is 59.1 Å². The van der Waals surface area contributed by atoms with E-state index in [1.54, 1.807) is 53.8 Å². The van der Waals surface area contributed by atoms with Gasteiger partial charge in [0.05, 0.1) is 40.4 Å². The fraction of sp³-hybridized carbons (Fsp3) is 0.269. The molecular formula is C26H25ClN6O2. The van der Waals surface area contributed by atoms with Crippen molar-refractivity contribution in [3.63, 3.8) is 0 Å². The molecule has 0 aliphatic carbocycles. The number of amides is 2. The molecule has 2 aliphatic rings. The molecule has 0 unspecified atom stereocenters. The summed E-state index contributed by atoms with van der Waals surface area (Å²) in [6.45, 7) is 5.11. The molecule has 0 saturated carbocycles. The van der Waals surface area contributed by atoms with Gasteiger partial charge in [0, 0.05) is 38.1 Å². The van der Waals surface area contributed by atoms with Crippen molar-refractivity contribution in [2.45, 2.75) is 25.4 Å². The summed E-state index contributed by atoms with van der Waals surface area (Å²) in [6, 6.07) is 11.1. The predicted octanol–water partition coefficient (Wildman–Crippen LogP) is 4.01. The van der Waals surface area contributed by atoms with Crippen molar-refractivity contribution in [2.75, 3.05) is 30.4 Å². The molecule has 1 N–H and O–H groups in total. The van der Waals surface area contributed by atoms with Crippen LogP contribution in [-0.2, 0) is 5.54 Å². The van der Waals surface area contributed by atoms with Crippen molar-refractivity contribution in [3.05, 3.63) is 82.4 Å². The summed E-state index contributed by atoms with van der Waals surface area (Å²) in [5.41, 5.74) is 3.81. The zero-order valence-corrected chi connectivity index (χ0v) is 20.5. The van der Waals surface area contributed by atoms with E-state index >= 15 is 0 Å². The topological polar surface area (TPSA) is 90.8 Å². The van der Waals surface area contributed by atoms with Gasteiger partial charge in [0.2, 0.25) is 0 Å². The van der Waals surface area contributed by atoms with E-state index in [0.29, 0.717) is 29.4 Å². The number of carbonyl (C=O) groups excluding carboxylic acids is 2. The van der Waals surface area contributed by atoms with Gasteiger partial charge in [-0.2, -0.15) is 0 Å². The van der Waals surface area contributed by atoms with E-state index < -0.39 is 5.54 Å². The third-order valence-electron chi connectivity index (χ3n) is 6.46. The first kappa shape index (κ1) is 23.0. The van der Waals surface area contributed by atoms with Crippen LogP contribution in [0, 0.1) is 0 Å². The minimum absolute atomic E-state index is 0.0587. The number of nitrogens with zero attached hydrogens (tertiary/aromatic N) is 5. The van der Waals surface area contributed by atoms with Crippen LogP contribution in [0.25, 0.3) is 0 Å². The second-order valence-corrected chi connectivity index (χ2v) is 9.62. The standard InChI is InChI=1S/C26H25ClN6O2/c1-26(2)21-9-16(11-28-3)6-7-20(21)24(34)33(26)19-10-17(12-29-13-19)31-18-14-32(15-18)25(35)23-22(27)5-4-8-30-23/h4-13,18,31H,14-15H2,1-3H3. The number of pyridine rings is 2. The minimum Gasteiger partial charge on any atom is -0.377 e. The monoisotopic (exact) mass is 488 g/mol. The lowest BCUT2D eigenvalue weighted by molar-refractivity contribution is 0.0619. The number of hydrogen-bond acceptors (Lipinski definition) is 6. The maximum Gasteiger partial charge on any atom is 0.274 e. The third-order valence-corrected chi connectivity index (χ3v) is 6.76. The molecule has 5 rings (SSSR count). The van der Waals surface area contributed by atoms with Crippen molar-refractivity contribution in [1.82, 2.24) is 14.9 Å². The number of anilines is 2. The molecular weight excluding hydrogens is 464 g/mol. The van der Waals surface area contributed by atoms with Gasteiger partial charge in [0.1, 0.15) is 5.69 Å². The second-order valence-electron chi connectivity index (χ2n) is 9.21. The number of fused-ring (bicyclic) bond motifs is 1. The summed E-state index contributed by atoms with van der Waals surface area (Å²) in [4.78, 5) is 42.0. The smallest absolute Gasteiger partial charge is 0.274 e. The average molecular weight is 489 g/mol. The molecule has 0 bridgehead atoms. The molecule has 4 heterocycles. The highest BCUT2D eigenvalue weighted by Gasteiger charge is 2.44. The molecule has 9 heteroatoms. The molecule has 0 atom stereocenters. The van der Waals surface area contributed by atoms with Crippen LogP contribution in [0.4, 0.5) is 11.4 Å². The average Bonchev–Trinajstić information content (AvgIpc) is 3.01. The normalized spacial score (nSPS) is 17.0. The summed E-state index contributed by atoms with van der Waals surface area (Å²) in [6.07, 6.45) is 6.76. The molecule has 8 nitrogen and oxygen atoms in total. The van der Waals surface area contributed by atoms with Crippen molar-refractivity contribution < 1.29 is 9.59 Å². The first-order chi connectivity index (χ1) is 16.8. The number of likely N-dealkylation sites (tertiary alicyclic amines) is 1. The van der Waals surface area contributed by atoms with Crippen molar-refractivity contribution in [1.29, 1.82) is 0 Å². The zero-order chi connectivity index (χ0) is 24.7. The van der Waals surface area contributed by atoms with Gasteiger partial charge in [-0.15, -0.1) is 0 Å². The van der Waals surface area contributed by atoms with Crippen molar-refractivity contribution in [2.24, 2.45) is 4.99 Å². The van der Waals surface area contributed by atoms with Gasteiger partial charge in [-0.05, 0) is 55.3 Å². The summed E-state index contributed by atoms with van der Waals surface area (Å²) < 4.78 is 0. The highest BCUT2D eigenvalue weighted by atomic mass is 35.5. The highest BCUT2D eigenvalue weighted by Crippen LogP contribution is 2.42. The Bertz CT molecular complexity index is 1350.